The van der Waals surface area contributed by atoms with Crippen molar-refractivity contribution in [2.75, 3.05) is 6.61 Å². The Balaban J connectivity index is 1.43. The third-order valence-electron chi connectivity index (χ3n) is 4.25. The maximum atomic E-state index is 12.4. The molecule has 1 N–H and O–H groups in total. The minimum atomic E-state index is -0.0676. The molecule has 1 atom stereocenters. The molecule has 24 heavy (non-hydrogen) atoms. The standard InChI is InChI=1S/C20H18N2O2/c23-20(15-7-9-18(10-8-15)22-11-3-4-12-22)21-17-13-16-5-1-2-6-19(16)24-14-17/h1-12,17H,13-14H2,(H,21,23). The van der Waals surface area contributed by atoms with Gasteiger partial charge in [0, 0.05) is 23.6 Å². The first-order valence-electron chi connectivity index (χ1n) is 8.04. The highest BCUT2D eigenvalue weighted by atomic mass is 16.5. The molecular formula is C20H18N2O2. The topological polar surface area (TPSA) is 43.3 Å². The maximum absolute atomic E-state index is 12.4. The Morgan fingerprint density at radius 1 is 1.00 bits per heavy atom. The first kappa shape index (κ1) is 14.6. The maximum Gasteiger partial charge on any atom is 0.251 e. The van der Waals surface area contributed by atoms with Crippen LogP contribution in [0.4, 0.5) is 0 Å². The van der Waals surface area contributed by atoms with Gasteiger partial charge in [-0.1, -0.05) is 18.2 Å². The van der Waals surface area contributed by atoms with Gasteiger partial charge in [-0.25, -0.2) is 0 Å². The van der Waals surface area contributed by atoms with Crippen LogP contribution in [0.15, 0.2) is 73.1 Å². The molecular weight excluding hydrogens is 300 g/mol. The highest BCUT2D eigenvalue weighted by Gasteiger charge is 2.21. The molecule has 4 rings (SSSR count). The van der Waals surface area contributed by atoms with E-state index in [0.717, 1.165) is 23.4 Å². The Morgan fingerprint density at radius 3 is 2.54 bits per heavy atom. The number of amides is 1. The molecule has 3 aromatic rings. The second-order valence-electron chi connectivity index (χ2n) is 5.93. The molecule has 0 fully saturated rings. The van der Waals surface area contributed by atoms with Crippen LogP contribution in [0.2, 0.25) is 0 Å². The van der Waals surface area contributed by atoms with E-state index in [1.54, 1.807) is 0 Å². The lowest BCUT2D eigenvalue weighted by Gasteiger charge is -2.26. The Morgan fingerprint density at radius 2 is 1.75 bits per heavy atom. The number of hydrogen-bond donors (Lipinski definition) is 1. The first-order chi connectivity index (χ1) is 11.8. The summed E-state index contributed by atoms with van der Waals surface area (Å²) in [5.74, 6) is 0.848. The normalized spacial score (nSPS) is 16.1. The van der Waals surface area contributed by atoms with Gasteiger partial charge in [-0.3, -0.25) is 4.79 Å². The molecule has 1 aromatic heterocycles. The predicted octanol–water partition coefficient (Wildman–Crippen LogP) is 3.21. The molecule has 0 bridgehead atoms. The van der Waals surface area contributed by atoms with E-state index in [9.17, 15) is 4.79 Å². The number of hydrogen-bond acceptors (Lipinski definition) is 2. The molecule has 0 aliphatic carbocycles. The Hall–Kier alpha value is -3.01. The predicted molar refractivity (Wildman–Crippen MR) is 92.7 cm³/mol. The van der Waals surface area contributed by atoms with E-state index >= 15 is 0 Å². The number of para-hydroxylation sites is 1. The molecule has 2 aromatic carbocycles. The van der Waals surface area contributed by atoms with Crippen molar-refractivity contribution in [2.45, 2.75) is 12.5 Å². The monoisotopic (exact) mass is 318 g/mol. The molecule has 1 amide bonds. The zero-order valence-electron chi connectivity index (χ0n) is 13.2. The minimum absolute atomic E-state index is 0.00322. The van der Waals surface area contributed by atoms with Crippen molar-refractivity contribution >= 4 is 5.91 Å². The fraction of sp³-hybridized carbons (Fsp3) is 0.150. The van der Waals surface area contributed by atoms with E-state index in [0.29, 0.717) is 12.2 Å². The van der Waals surface area contributed by atoms with Gasteiger partial charge in [0.15, 0.2) is 0 Å². The summed E-state index contributed by atoms with van der Waals surface area (Å²) in [5, 5.41) is 3.06. The number of carbonyl (C=O) groups excluding carboxylic acids is 1. The molecule has 0 saturated heterocycles. The van der Waals surface area contributed by atoms with E-state index in [1.165, 1.54) is 0 Å². The fourth-order valence-electron chi connectivity index (χ4n) is 2.98. The molecule has 1 aliphatic heterocycles. The summed E-state index contributed by atoms with van der Waals surface area (Å²) in [6.07, 6.45) is 4.75. The second-order valence-corrected chi connectivity index (χ2v) is 5.93. The molecule has 0 spiro atoms. The van der Waals surface area contributed by atoms with Gasteiger partial charge in [0.25, 0.3) is 5.91 Å². The zero-order chi connectivity index (χ0) is 16.4. The van der Waals surface area contributed by atoms with Crippen LogP contribution in [-0.4, -0.2) is 23.1 Å². The van der Waals surface area contributed by atoms with Crippen molar-refractivity contribution in [3.8, 4) is 11.4 Å². The van der Waals surface area contributed by atoms with Gasteiger partial charge >= 0.3 is 0 Å². The van der Waals surface area contributed by atoms with Crippen molar-refractivity contribution < 1.29 is 9.53 Å². The number of rotatable bonds is 3. The highest BCUT2D eigenvalue weighted by Crippen LogP contribution is 2.24. The van der Waals surface area contributed by atoms with Crippen LogP contribution in [0.3, 0.4) is 0 Å². The van der Waals surface area contributed by atoms with Crippen LogP contribution in [-0.2, 0) is 6.42 Å². The smallest absolute Gasteiger partial charge is 0.251 e. The third kappa shape index (κ3) is 2.91. The summed E-state index contributed by atoms with van der Waals surface area (Å²) in [5.41, 5.74) is 2.83. The summed E-state index contributed by atoms with van der Waals surface area (Å²) >= 11 is 0. The number of aromatic nitrogens is 1. The van der Waals surface area contributed by atoms with E-state index in [1.807, 2.05) is 77.6 Å². The van der Waals surface area contributed by atoms with Crippen LogP contribution in [0.25, 0.3) is 5.69 Å². The molecule has 4 heteroatoms. The molecule has 1 aliphatic rings. The molecule has 4 nitrogen and oxygen atoms in total. The lowest BCUT2D eigenvalue weighted by molar-refractivity contribution is 0.0915. The van der Waals surface area contributed by atoms with Gasteiger partial charge in [-0.15, -0.1) is 0 Å². The van der Waals surface area contributed by atoms with E-state index in [-0.39, 0.29) is 11.9 Å². The van der Waals surface area contributed by atoms with Gasteiger partial charge in [0.2, 0.25) is 0 Å². The van der Waals surface area contributed by atoms with Crippen LogP contribution in [0, 0.1) is 0 Å². The fourth-order valence-corrected chi connectivity index (χ4v) is 2.98. The molecule has 0 radical (unpaired) electrons. The molecule has 0 saturated carbocycles. The van der Waals surface area contributed by atoms with Gasteiger partial charge in [0.05, 0.1) is 6.04 Å². The van der Waals surface area contributed by atoms with E-state index < -0.39 is 0 Å². The van der Waals surface area contributed by atoms with Crippen molar-refractivity contribution in [1.29, 1.82) is 0 Å². The first-order valence-corrected chi connectivity index (χ1v) is 8.04. The lowest BCUT2D eigenvalue weighted by atomic mass is 10.0. The van der Waals surface area contributed by atoms with Gasteiger partial charge < -0.3 is 14.6 Å². The number of carbonyl (C=O) groups is 1. The summed E-state index contributed by atoms with van der Waals surface area (Å²) < 4.78 is 7.73. The molecule has 2 heterocycles. The number of ether oxygens (including phenoxy) is 1. The Kier molecular flexibility index (Phi) is 3.79. The molecule has 1 unspecified atom stereocenters. The molecule has 120 valence electrons. The van der Waals surface area contributed by atoms with Crippen LogP contribution in [0.5, 0.6) is 5.75 Å². The third-order valence-corrected chi connectivity index (χ3v) is 4.25. The minimum Gasteiger partial charge on any atom is -0.491 e. The summed E-state index contributed by atoms with van der Waals surface area (Å²) in [6.45, 7) is 0.504. The van der Waals surface area contributed by atoms with Gasteiger partial charge in [-0.2, -0.15) is 0 Å². The van der Waals surface area contributed by atoms with E-state index in [2.05, 4.69) is 5.32 Å². The average molecular weight is 318 g/mol. The van der Waals surface area contributed by atoms with Crippen molar-refractivity contribution in [2.24, 2.45) is 0 Å². The highest BCUT2D eigenvalue weighted by molar-refractivity contribution is 5.94. The van der Waals surface area contributed by atoms with Crippen molar-refractivity contribution in [3.63, 3.8) is 0 Å². The summed E-state index contributed by atoms with van der Waals surface area (Å²) in [4.78, 5) is 12.4. The lowest BCUT2D eigenvalue weighted by Crippen LogP contribution is -2.42. The largest absolute Gasteiger partial charge is 0.491 e. The number of fused-ring (bicyclic) bond motifs is 1. The van der Waals surface area contributed by atoms with Gasteiger partial charge in [-0.05, 0) is 54.4 Å². The number of nitrogens with zero attached hydrogens (tertiary/aromatic N) is 1. The SMILES string of the molecule is O=C(NC1COc2ccccc2C1)c1ccc(-n2cccc2)cc1. The van der Waals surface area contributed by atoms with Crippen molar-refractivity contribution in [1.82, 2.24) is 9.88 Å². The second kappa shape index (κ2) is 6.24. The van der Waals surface area contributed by atoms with Crippen LogP contribution < -0.4 is 10.1 Å². The number of benzene rings is 2. The van der Waals surface area contributed by atoms with Crippen LogP contribution in [0.1, 0.15) is 15.9 Å². The van der Waals surface area contributed by atoms with E-state index in [4.69, 9.17) is 4.74 Å². The summed E-state index contributed by atoms with van der Waals surface area (Å²) in [7, 11) is 0. The Bertz CT molecular complexity index is 838. The quantitative estimate of drug-likeness (QED) is 0.806. The van der Waals surface area contributed by atoms with Crippen LogP contribution >= 0.6 is 0 Å². The average Bonchev–Trinajstić information content (AvgIpc) is 3.16. The van der Waals surface area contributed by atoms with Crippen molar-refractivity contribution in [3.05, 3.63) is 84.2 Å². The summed E-state index contributed by atoms with van der Waals surface area (Å²) in [6, 6.07) is 19.5. The number of nitrogens with one attached hydrogen (secondary N) is 1. The zero-order valence-corrected chi connectivity index (χ0v) is 13.2. The van der Waals surface area contributed by atoms with Gasteiger partial charge in [0.1, 0.15) is 12.4 Å². The Labute approximate surface area is 140 Å².